The van der Waals surface area contributed by atoms with Gasteiger partial charge in [0.2, 0.25) is 41.4 Å². The number of alkyl halides is 1. The molecule has 2 aromatic rings. The van der Waals surface area contributed by atoms with Gasteiger partial charge in [0, 0.05) is 87.5 Å². The van der Waals surface area contributed by atoms with Crippen molar-refractivity contribution < 1.29 is 98.1 Å². The number of carbonyl (C=O) groups excluding carboxylic acids is 12. The number of nitrogens with two attached hydrogens (primary N) is 3. The van der Waals surface area contributed by atoms with E-state index >= 15 is 0 Å². The van der Waals surface area contributed by atoms with Crippen LogP contribution in [0.25, 0.3) is 0 Å². The number of hydroxylamine groups is 2. The Balaban J connectivity index is 0.00000144. The van der Waals surface area contributed by atoms with Gasteiger partial charge < -0.3 is 90.3 Å². The third-order valence-corrected chi connectivity index (χ3v) is 13.0. The number of urea groups is 2. The highest BCUT2D eigenvalue weighted by Crippen LogP contribution is 2.16. The molecule has 4 atom stereocenters. The second-order valence-electron chi connectivity index (χ2n) is 21.3. The molecule has 0 spiro atoms. The van der Waals surface area contributed by atoms with Crippen LogP contribution >= 0.6 is 0 Å². The topological polar surface area (TPSA) is 519 Å². The van der Waals surface area contributed by atoms with Crippen LogP contribution in [0.5, 0.6) is 0 Å². The summed E-state index contributed by atoms with van der Waals surface area (Å²) in [6.45, 7) is 8.09. The maximum Gasteiger partial charge on any atom is 0.333 e. The van der Waals surface area contributed by atoms with Gasteiger partial charge >= 0.3 is 30.0 Å². The van der Waals surface area contributed by atoms with Gasteiger partial charge in [-0.3, -0.25) is 47.5 Å². The zero-order chi connectivity index (χ0) is 71.8. The summed E-state index contributed by atoms with van der Waals surface area (Å²) < 4.78 is 15.5. The lowest BCUT2D eigenvalue weighted by molar-refractivity contribution is -0.197. The molecule has 2 aromatic carbocycles. The van der Waals surface area contributed by atoms with Gasteiger partial charge in [0.25, 0.3) is 11.8 Å². The first-order valence-corrected chi connectivity index (χ1v) is 30.0. The summed E-state index contributed by atoms with van der Waals surface area (Å²) in [6, 6.07) is 8.50. The molecular weight excluding hydrogens is 1240 g/mol. The number of unbranched alkanes of at least 4 members (excludes halogenated alkanes) is 4. The Bertz CT molecular complexity index is 2850. The number of nitrogens with one attached hydrogen (secondary N) is 9. The van der Waals surface area contributed by atoms with Crippen molar-refractivity contribution in [3.8, 4) is 0 Å². The lowest BCUT2D eigenvalue weighted by atomic mass is 10.0. The number of nitrogens with zero attached hydrogens (tertiary/aromatic N) is 1. The largest absolute Gasteiger partial charge is 0.478 e. The number of anilines is 2. The molecule has 0 saturated carbocycles. The highest BCUT2D eigenvalue weighted by molar-refractivity contribution is 6.02. The average molecular weight is 1330 g/mol. The molecule has 522 valence electrons. The van der Waals surface area contributed by atoms with Gasteiger partial charge in [0.15, 0.2) is 0 Å². The summed E-state index contributed by atoms with van der Waals surface area (Å²) in [7, 11) is -1.00. The van der Waals surface area contributed by atoms with E-state index in [1.165, 1.54) is 0 Å². The quantitative estimate of drug-likeness (QED) is 0.0254. The van der Waals surface area contributed by atoms with Crippen molar-refractivity contribution in [2.75, 3.05) is 44.0 Å². The van der Waals surface area contributed by atoms with E-state index in [1.54, 1.807) is 62.4 Å². The van der Waals surface area contributed by atoms with E-state index in [9.17, 15) is 76.6 Å². The smallest absolute Gasteiger partial charge is 0.333 e. The number of aliphatic hydroxyl groups is 2. The molecule has 1 aliphatic heterocycles. The summed E-state index contributed by atoms with van der Waals surface area (Å²) >= 11 is 0. The van der Waals surface area contributed by atoms with Crippen LogP contribution in [0.3, 0.4) is 0 Å². The Hall–Kier alpha value is -9.89. The fourth-order valence-electron chi connectivity index (χ4n) is 7.83. The first-order chi connectivity index (χ1) is 45.0. The van der Waals surface area contributed by atoms with Crippen molar-refractivity contribution in [1.29, 1.82) is 0 Å². The Kier molecular flexibility index (Phi) is 42.7. The van der Waals surface area contributed by atoms with Gasteiger partial charge in [-0.25, -0.2) is 24.0 Å². The molecule has 3 rings (SSSR count). The van der Waals surface area contributed by atoms with E-state index in [0.29, 0.717) is 92.9 Å². The number of rotatable bonds is 38. The minimum absolute atomic E-state index is 0.0577. The Morgan fingerprint density at radius 3 is 1.32 bits per heavy atom. The minimum Gasteiger partial charge on any atom is -0.478 e. The summed E-state index contributed by atoms with van der Waals surface area (Å²) in [4.78, 5) is 167. The maximum absolute atomic E-state index is 13.2. The van der Waals surface area contributed by atoms with Crippen molar-refractivity contribution in [2.45, 2.75) is 155 Å². The van der Waals surface area contributed by atoms with Gasteiger partial charge in [0.05, 0.1) is 27.8 Å². The van der Waals surface area contributed by atoms with Crippen LogP contribution < -0.4 is 65.1 Å². The molecule has 1 aliphatic rings. The molecule has 0 radical (unpaired) electrons. The van der Waals surface area contributed by atoms with Gasteiger partial charge in [-0.2, -0.15) is 0 Å². The minimum atomic E-state index is -1.22. The third kappa shape index (κ3) is 39.4. The number of aliphatic hydroxyl groups excluding tert-OH is 2. The van der Waals surface area contributed by atoms with Crippen molar-refractivity contribution in [2.24, 2.45) is 29.0 Å². The molecule has 13 amide bonds. The number of aliphatic carboxylic acids is 2. The van der Waals surface area contributed by atoms with Gasteiger partial charge in [-0.15, -0.1) is 5.06 Å². The lowest BCUT2D eigenvalue weighted by Crippen LogP contribution is -2.54. The van der Waals surface area contributed by atoms with Crippen LogP contribution in [0.2, 0.25) is 0 Å². The highest BCUT2D eigenvalue weighted by Gasteiger charge is 2.33. The van der Waals surface area contributed by atoms with E-state index < -0.39 is 109 Å². The fraction of sp³-hybridized carbons (Fsp3) is 0.508. The van der Waals surface area contributed by atoms with Crippen LogP contribution in [0.4, 0.5) is 25.4 Å². The molecule has 0 aromatic heterocycles. The molecule has 33 heteroatoms. The van der Waals surface area contributed by atoms with Crippen LogP contribution in [0.15, 0.2) is 72.8 Å². The zero-order valence-electron chi connectivity index (χ0n) is 54.2. The summed E-state index contributed by atoms with van der Waals surface area (Å²) in [5, 5.41) is 59.1. The number of hydrogen-bond acceptors (Lipinski definition) is 18. The van der Waals surface area contributed by atoms with Gasteiger partial charge in [-0.1, -0.05) is 64.8 Å². The van der Waals surface area contributed by atoms with Crippen molar-refractivity contribution in [1.82, 2.24) is 42.3 Å². The first kappa shape index (κ1) is 82.1. The van der Waals surface area contributed by atoms with Crippen molar-refractivity contribution in [3.63, 3.8) is 0 Å². The van der Waals surface area contributed by atoms with Crippen LogP contribution in [0.1, 0.15) is 130 Å². The van der Waals surface area contributed by atoms with Crippen molar-refractivity contribution in [3.05, 3.63) is 84.0 Å². The van der Waals surface area contributed by atoms with Gasteiger partial charge in [0.1, 0.15) is 18.1 Å². The van der Waals surface area contributed by atoms with E-state index in [1.807, 2.05) is 13.8 Å². The number of carbonyl (C=O) groups is 14. The number of carboxylic acids is 2. The molecule has 0 aliphatic carbocycles. The Morgan fingerprint density at radius 1 is 0.553 bits per heavy atom. The standard InChI is InChI=1S/C28H42N6O8.C18H29N5O4.C14H18N2O7.CH3F/c1-18(2)25(34-23(37)8-4-3-5-15-30-22(36)13-14-24(38)39)27(41)33-21(7-6-16-31-28(29)42)26(40)32-20-11-9-19(17-35)10-12-20;1-11(2)15(19)17(26)23-14(4-3-9-21-18(20)27)16(25)22-13-7-5-12(10-24)6-8-13;17-10(5-8-13(20)21)15-9-3-1-2-4-14(22)23-16-11(18)6-7-12(16)19;1-2/h9-14,18,21,25,35H,3-8,15-17H2,1-2H3,(H,30,36)(H,32,40)(H,33,41)(H,34,37)(H,38,39)(H3,29,31,42);5-8,11,14-15,24H,3-4,9-10,19H2,1-2H3,(H,22,25)(H,23,26)(H3,20,21,27);5,8H,1-4,6-7,9H2,(H,15,17)(H,20,21);1H3/b14-13-;;8-5-;/t21-,25-;14-,15-;;/m00../s1/i;;;1D. The van der Waals surface area contributed by atoms with E-state index in [4.69, 9.17) is 38.7 Å². The summed E-state index contributed by atoms with van der Waals surface area (Å²) in [6.07, 6.45) is 8.35. The SMILES string of the molecule is CC(C)[C@H](N)C(=O)N[C@@H](CCCNC(N)=O)C(=O)Nc1ccc(CO)cc1.CC(C)[C@H](NC(=O)CCCCCNC(=O)/C=C\C(=O)O)C(=O)N[C@@H](CCCNC(N)=O)C(=O)Nc1ccc(CO)cc1.O=C(O)/C=C\C(=O)NCCCCCC(=O)ON1C(=O)CCC1=O.[2H]CF. The molecule has 0 unspecified atom stereocenters. The molecule has 0 bridgehead atoms. The Labute approximate surface area is 545 Å². The predicted molar refractivity (Wildman–Crippen MR) is 340 cm³/mol. The summed E-state index contributed by atoms with van der Waals surface area (Å²) in [5.41, 5.74) is 18.4. The number of benzene rings is 2. The number of amides is 13. The molecular formula is C61H92FN13O19. The third-order valence-electron chi connectivity index (χ3n) is 13.0. The molecule has 94 heavy (non-hydrogen) atoms. The summed E-state index contributed by atoms with van der Waals surface area (Å²) in [5.74, 6) is -7.64. The van der Waals surface area contributed by atoms with E-state index in [0.717, 1.165) is 29.9 Å². The normalized spacial score (nSPS) is 12.9. The first-order valence-electron chi connectivity index (χ1n) is 30.7. The van der Waals surface area contributed by atoms with Crippen LogP contribution in [-0.4, -0.2) is 166 Å². The number of imide groups is 1. The van der Waals surface area contributed by atoms with Crippen LogP contribution in [-0.2, 0) is 75.6 Å². The predicted octanol–water partition coefficient (Wildman–Crippen LogP) is 1.04. The van der Waals surface area contributed by atoms with E-state index in [-0.39, 0.29) is 76.2 Å². The lowest BCUT2D eigenvalue weighted by Gasteiger charge is -2.25. The number of primary amides is 2. The second-order valence-corrected chi connectivity index (χ2v) is 21.3. The second kappa shape index (κ2) is 48.8. The monoisotopic (exact) mass is 1330 g/mol. The Morgan fingerprint density at radius 2 is 0.947 bits per heavy atom. The van der Waals surface area contributed by atoms with Gasteiger partial charge in [-0.05, 0) is 98.6 Å². The molecule has 19 N–H and O–H groups in total. The highest BCUT2D eigenvalue weighted by atomic mass is 19.1. The van der Waals surface area contributed by atoms with Crippen molar-refractivity contribution >= 4 is 94.5 Å². The molecule has 32 nitrogen and oxygen atoms in total. The number of halogens is 1. The zero-order valence-corrected chi connectivity index (χ0v) is 53.2. The fourth-order valence-corrected chi connectivity index (χ4v) is 7.83. The van der Waals surface area contributed by atoms with Crippen LogP contribution in [0, 0.1) is 11.8 Å². The molecule has 1 fully saturated rings. The number of hydrogen-bond donors (Lipinski definition) is 16. The van der Waals surface area contributed by atoms with E-state index in [2.05, 4.69) is 47.9 Å². The molecule has 1 saturated heterocycles. The maximum atomic E-state index is 13.2. The average Bonchev–Trinajstić information content (AvgIpc) is 1.85. The molecule has 1 heterocycles. The number of carboxylic acid groups (broad SMARTS) is 2.